The molecule has 0 fully saturated rings. The molecular formula is C37H72N2O4. The zero-order valence-electron chi connectivity index (χ0n) is 28.5. The second-order valence-corrected chi connectivity index (χ2v) is 8.24. The molecule has 0 saturated heterocycles. The molecule has 0 spiro atoms. The van der Waals surface area contributed by atoms with Gasteiger partial charge in [0.05, 0.1) is 0 Å². The highest BCUT2D eigenvalue weighted by Gasteiger charge is 1.88. The maximum Gasteiger partial charge on any atom is 0.219 e. The summed E-state index contributed by atoms with van der Waals surface area (Å²) < 4.78 is 0. The monoisotopic (exact) mass is 609 g/mol. The topological polar surface area (TPSA) is 92.3 Å². The van der Waals surface area contributed by atoms with Crippen molar-refractivity contribution in [3.8, 4) is 0 Å². The zero-order chi connectivity index (χ0) is 33.2. The summed E-state index contributed by atoms with van der Waals surface area (Å²) in [7, 11) is 1.93. The number of nitrogens with one attached hydrogen (secondary N) is 2. The lowest BCUT2D eigenvalue weighted by atomic mass is 10.3. The summed E-state index contributed by atoms with van der Waals surface area (Å²) >= 11 is 0. The predicted molar refractivity (Wildman–Crippen MR) is 194 cm³/mol. The van der Waals surface area contributed by atoms with Crippen LogP contribution in [-0.4, -0.2) is 43.4 Å². The highest BCUT2D eigenvalue weighted by atomic mass is 16.1. The Balaban J connectivity index is -0.0000000546. The molecule has 43 heavy (non-hydrogen) atoms. The van der Waals surface area contributed by atoms with Crippen LogP contribution in [0.3, 0.4) is 0 Å². The Bertz CT molecular complexity index is 640. The van der Waals surface area contributed by atoms with E-state index in [1.807, 2.05) is 114 Å². The van der Waals surface area contributed by atoms with Crippen LogP contribution in [0.5, 0.6) is 0 Å². The van der Waals surface area contributed by atoms with Gasteiger partial charge in [-0.1, -0.05) is 143 Å². The van der Waals surface area contributed by atoms with E-state index in [-0.39, 0.29) is 32.3 Å². The van der Waals surface area contributed by atoms with Gasteiger partial charge in [0.25, 0.3) is 0 Å². The van der Waals surface area contributed by atoms with E-state index >= 15 is 0 Å². The molecule has 2 rings (SSSR count). The minimum Gasteiger partial charge on any atom is -0.356 e. The number of carbonyl (C=O) groups excluding carboxylic acids is 4. The Morgan fingerprint density at radius 1 is 0.488 bits per heavy atom. The number of benzene rings is 2. The van der Waals surface area contributed by atoms with E-state index in [4.69, 9.17) is 0 Å². The number of carbonyl (C=O) groups is 4. The third-order valence-electron chi connectivity index (χ3n) is 3.67. The lowest BCUT2D eigenvalue weighted by molar-refractivity contribution is -0.121. The standard InChI is InChI=1S/2C6H6.C5H11NO.C5H10O.C4H8O.C3H9N.C3H6O.C3H8.2CH4/c2*1-2-4-6-5-3-1;1-3-5(7)6-4-2;1-3-5(6)4-2;1-3-4(2)5;1-3-4-2;1-3(2)4;1-3-2;;/h2*1-6H;3-4H2,1-2H3,(H,6,7);3-4H2,1-2H3;3H2,1-2H3;4H,3H2,1-2H3;1-2H3;3H2,1-2H3;2*1H4. The van der Waals surface area contributed by atoms with Crippen LogP contribution in [0, 0.1) is 0 Å². The molecule has 0 aliphatic rings. The maximum atomic E-state index is 10.3. The number of rotatable bonds is 6. The van der Waals surface area contributed by atoms with Gasteiger partial charge in [-0.3, -0.25) is 9.59 Å². The highest BCUT2D eigenvalue weighted by molar-refractivity contribution is 5.77. The smallest absolute Gasteiger partial charge is 0.219 e. The highest BCUT2D eigenvalue weighted by Crippen LogP contribution is 1.83. The van der Waals surface area contributed by atoms with E-state index in [1.165, 1.54) is 20.3 Å². The van der Waals surface area contributed by atoms with Crippen LogP contribution < -0.4 is 10.6 Å². The number of hydrogen-bond donors (Lipinski definition) is 2. The summed E-state index contributed by atoms with van der Waals surface area (Å²) in [5.74, 6) is 0.891. The molecule has 254 valence electrons. The molecule has 0 aromatic heterocycles. The molecule has 1 amide bonds. The van der Waals surface area contributed by atoms with Crippen LogP contribution in [-0.2, 0) is 19.2 Å². The van der Waals surface area contributed by atoms with Gasteiger partial charge in [0.1, 0.15) is 17.3 Å². The van der Waals surface area contributed by atoms with E-state index < -0.39 is 0 Å². The van der Waals surface area contributed by atoms with Crippen molar-refractivity contribution < 1.29 is 19.2 Å². The second kappa shape index (κ2) is 62.5. The van der Waals surface area contributed by atoms with Crippen molar-refractivity contribution in [3.63, 3.8) is 0 Å². The molecule has 2 N–H and O–H groups in total. The minimum absolute atomic E-state index is 0. The molecule has 0 saturated carbocycles. The Morgan fingerprint density at radius 2 is 0.698 bits per heavy atom. The van der Waals surface area contributed by atoms with Crippen LogP contribution in [0.4, 0.5) is 0 Å². The van der Waals surface area contributed by atoms with E-state index in [1.54, 1.807) is 6.92 Å². The van der Waals surface area contributed by atoms with Crippen LogP contribution in [0.2, 0.25) is 0 Å². The Hall–Kier alpha value is -3.12. The average molecular weight is 609 g/mol. The first kappa shape index (κ1) is 59.3. The van der Waals surface area contributed by atoms with Crippen LogP contribution in [0.25, 0.3) is 0 Å². The van der Waals surface area contributed by atoms with Crippen molar-refractivity contribution >= 4 is 23.3 Å². The molecule has 6 heteroatoms. The first-order valence-electron chi connectivity index (χ1n) is 14.8. The lowest BCUT2D eigenvalue weighted by Crippen LogP contribution is -2.20. The quantitative estimate of drug-likeness (QED) is 0.340. The summed E-state index contributed by atoms with van der Waals surface area (Å²) in [5, 5.41) is 5.59. The van der Waals surface area contributed by atoms with Crippen molar-refractivity contribution in [1.29, 1.82) is 0 Å². The summed E-state index contributed by atoms with van der Waals surface area (Å²) in [4.78, 5) is 39.7. The van der Waals surface area contributed by atoms with Gasteiger partial charge in [-0.05, 0) is 41.3 Å². The first-order valence-corrected chi connectivity index (χ1v) is 14.8. The van der Waals surface area contributed by atoms with Crippen LogP contribution in [0.15, 0.2) is 72.8 Å². The van der Waals surface area contributed by atoms with Crippen molar-refractivity contribution in [3.05, 3.63) is 72.8 Å². The fourth-order valence-corrected chi connectivity index (χ4v) is 1.34. The van der Waals surface area contributed by atoms with E-state index in [0.717, 1.165) is 13.1 Å². The van der Waals surface area contributed by atoms with E-state index in [0.29, 0.717) is 31.5 Å². The van der Waals surface area contributed by atoms with Gasteiger partial charge >= 0.3 is 0 Å². The molecule has 2 aromatic rings. The maximum absolute atomic E-state index is 10.3. The predicted octanol–water partition coefficient (Wildman–Crippen LogP) is 9.78. The van der Waals surface area contributed by atoms with Gasteiger partial charge in [-0.2, -0.15) is 0 Å². The molecule has 0 atom stereocenters. The van der Waals surface area contributed by atoms with Crippen molar-refractivity contribution in [2.45, 2.75) is 123 Å². The van der Waals surface area contributed by atoms with Crippen molar-refractivity contribution in [2.24, 2.45) is 0 Å². The van der Waals surface area contributed by atoms with E-state index in [9.17, 15) is 19.2 Å². The van der Waals surface area contributed by atoms with E-state index in [2.05, 4.69) is 31.4 Å². The van der Waals surface area contributed by atoms with Gasteiger partial charge < -0.3 is 20.2 Å². The molecule has 2 aromatic carbocycles. The van der Waals surface area contributed by atoms with Crippen LogP contribution in [0.1, 0.15) is 123 Å². The van der Waals surface area contributed by atoms with Crippen molar-refractivity contribution in [1.82, 2.24) is 10.6 Å². The minimum atomic E-state index is 0. The molecule has 6 nitrogen and oxygen atoms in total. The van der Waals surface area contributed by atoms with Gasteiger partial charge in [0.2, 0.25) is 5.91 Å². The molecular weight excluding hydrogens is 536 g/mol. The average Bonchev–Trinajstić information content (AvgIpc) is 3.00. The number of hydrogen-bond acceptors (Lipinski definition) is 5. The van der Waals surface area contributed by atoms with Crippen LogP contribution >= 0.6 is 0 Å². The SMILES string of the molecule is C.C.CC(C)=O.CCC.CCC(=O)CC.CCC(C)=O.CCNC.CCNC(=O)CC.c1ccccc1.c1ccccc1. The largest absolute Gasteiger partial charge is 0.356 e. The molecule has 0 heterocycles. The van der Waals surface area contributed by atoms with Gasteiger partial charge in [-0.25, -0.2) is 0 Å². The summed E-state index contributed by atoms with van der Waals surface area (Å²) in [6.45, 7) is 22.1. The molecule has 0 aliphatic carbocycles. The number of amides is 1. The summed E-state index contributed by atoms with van der Waals surface area (Å²) in [6, 6.07) is 24.0. The zero-order valence-corrected chi connectivity index (χ0v) is 28.5. The first-order chi connectivity index (χ1) is 19.4. The van der Waals surface area contributed by atoms with Crippen molar-refractivity contribution in [2.75, 3.05) is 20.1 Å². The molecule has 0 radical (unpaired) electrons. The normalized spacial score (nSPS) is 7.35. The Morgan fingerprint density at radius 3 is 0.744 bits per heavy atom. The lowest BCUT2D eigenvalue weighted by Gasteiger charge is -1.93. The third-order valence-corrected chi connectivity index (χ3v) is 3.67. The fraction of sp³-hybridized carbons (Fsp3) is 0.568. The number of Topliss-reactive ketones (excluding diaryl/α,β-unsaturated/α-hetero) is 3. The van der Waals surface area contributed by atoms with Gasteiger partial charge in [0.15, 0.2) is 0 Å². The second-order valence-electron chi connectivity index (χ2n) is 8.24. The van der Waals surface area contributed by atoms with Gasteiger partial charge in [-0.15, -0.1) is 0 Å². The Labute approximate surface area is 268 Å². The third kappa shape index (κ3) is 121. The molecule has 0 aliphatic heterocycles. The summed E-state index contributed by atoms with van der Waals surface area (Å²) in [6.07, 6.45) is 3.89. The summed E-state index contributed by atoms with van der Waals surface area (Å²) in [5.41, 5.74) is 0. The van der Waals surface area contributed by atoms with Gasteiger partial charge in [0, 0.05) is 32.2 Å². The molecule has 0 bridgehead atoms. The fourth-order valence-electron chi connectivity index (χ4n) is 1.34. The number of ketones is 3. The molecule has 0 unspecified atom stereocenters. The Kier molecular flexibility index (Phi) is 86.2.